The summed E-state index contributed by atoms with van der Waals surface area (Å²) in [6.45, 7) is 4.16. The summed E-state index contributed by atoms with van der Waals surface area (Å²) >= 11 is 6.18. The van der Waals surface area contributed by atoms with Crippen molar-refractivity contribution in [1.29, 1.82) is 0 Å². The van der Waals surface area contributed by atoms with Crippen LogP contribution in [0.2, 0.25) is 5.02 Å². The Morgan fingerprint density at radius 1 is 0.844 bits per heavy atom. The highest BCUT2D eigenvalue weighted by Gasteiger charge is 2.50. The van der Waals surface area contributed by atoms with Gasteiger partial charge < -0.3 is 13.8 Å². The second-order valence-electron chi connectivity index (χ2n) is 7.45. The normalized spacial score (nSPS) is 18.6. The van der Waals surface area contributed by atoms with Crippen molar-refractivity contribution in [2.75, 3.05) is 13.2 Å². The van der Waals surface area contributed by atoms with E-state index >= 15 is 0 Å². The molecule has 1 atom stereocenters. The summed E-state index contributed by atoms with van der Waals surface area (Å²) < 4.78 is 32.3. The zero-order chi connectivity index (χ0) is 22.6. The molecule has 0 aliphatic carbocycles. The standard InChI is InChI=1S/C26H26ClO4P/c1-3-29-32(28,30-4-2)24-19-26(21-13-9-6-10-14-21,22-15-17-23(27)18-16-22)31-25(24)20-11-7-5-8-12-20/h5-18H,3-4,19H2,1-2H3. The lowest BCUT2D eigenvalue weighted by Gasteiger charge is -2.31. The van der Waals surface area contributed by atoms with Gasteiger partial charge in [-0.2, -0.15) is 0 Å². The Morgan fingerprint density at radius 2 is 1.38 bits per heavy atom. The SMILES string of the molecule is CCOP(=O)(OCC)C1=C(c2ccccc2)OC(c2ccccc2)(c2ccc(Cl)cc2)C1. The van der Waals surface area contributed by atoms with Gasteiger partial charge in [-0.1, -0.05) is 84.4 Å². The zero-order valence-electron chi connectivity index (χ0n) is 18.2. The molecule has 1 heterocycles. The van der Waals surface area contributed by atoms with Crippen molar-refractivity contribution < 1.29 is 18.3 Å². The molecule has 0 spiro atoms. The molecule has 0 saturated carbocycles. The van der Waals surface area contributed by atoms with Gasteiger partial charge in [0, 0.05) is 28.1 Å². The minimum atomic E-state index is -3.59. The minimum Gasteiger partial charge on any atom is -0.476 e. The molecule has 0 bridgehead atoms. The van der Waals surface area contributed by atoms with E-state index in [1.165, 1.54) is 0 Å². The maximum absolute atomic E-state index is 14.0. The van der Waals surface area contributed by atoms with Crippen LogP contribution in [0.25, 0.3) is 5.76 Å². The van der Waals surface area contributed by atoms with E-state index in [1.807, 2.05) is 98.8 Å². The number of halogens is 1. The van der Waals surface area contributed by atoms with Crippen LogP contribution >= 0.6 is 19.2 Å². The van der Waals surface area contributed by atoms with Crippen molar-refractivity contribution in [2.24, 2.45) is 0 Å². The Hall–Kier alpha value is -2.36. The third kappa shape index (κ3) is 4.29. The van der Waals surface area contributed by atoms with Gasteiger partial charge in [-0.3, -0.25) is 4.57 Å². The first-order valence-corrected chi connectivity index (χ1v) is 12.6. The molecular weight excluding hydrogens is 443 g/mol. The van der Waals surface area contributed by atoms with Gasteiger partial charge in [-0.25, -0.2) is 0 Å². The molecule has 0 saturated heterocycles. The lowest BCUT2D eigenvalue weighted by Crippen LogP contribution is -2.27. The van der Waals surface area contributed by atoms with Crippen molar-refractivity contribution in [3.8, 4) is 0 Å². The van der Waals surface area contributed by atoms with Crippen molar-refractivity contribution in [3.05, 3.63) is 112 Å². The Balaban J connectivity index is 1.94. The third-order valence-corrected chi connectivity index (χ3v) is 7.94. The van der Waals surface area contributed by atoms with Crippen LogP contribution in [0.5, 0.6) is 0 Å². The maximum atomic E-state index is 14.0. The average molecular weight is 469 g/mol. The van der Waals surface area contributed by atoms with Gasteiger partial charge >= 0.3 is 7.60 Å². The molecule has 3 aromatic rings. The van der Waals surface area contributed by atoms with E-state index < -0.39 is 13.2 Å². The first-order valence-electron chi connectivity index (χ1n) is 10.7. The summed E-state index contributed by atoms with van der Waals surface area (Å²) in [5, 5.41) is 1.19. The Labute approximate surface area is 194 Å². The van der Waals surface area contributed by atoms with Gasteiger partial charge in [-0.15, -0.1) is 0 Å². The molecule has 166 valence electrons. The molecule has 4 nitrogen and oxygen atoms in total. The Bertz CT molecular complexity index is 1120. The van der Waals surface area contributed by atoms with E-state index in [0.717, 1.165) is 16.7 Å². The van der Waals surface area contributed by atoms with Crippen LogP contribution in [-0.2, 0) is 24.0 Å². The molecule has 32 heavy (non-hydrogen) atoms. The highest BCUT2D eigenvalue weighted by atomic mass is 35.5. The van der Waals surface area contributed by atoms with Gasteiger partial charge in [0.2, 0.25) is 0 Å². The van der Waals surface area contributed by atoms with Gasteiger partial charge in [0.1, 0.15) is 5.76 Å². The highest BCUT2D eigenvalue weighted by Crippen LogP contribution is 2.66. The molecule has 4 rings (SSSR count). The molecule has 0 N–H and O–H groups in total. The molecule has 1 unspecified atom stereocenters. The van der Waals surface area contributed by atoms with E-state index in [9.17, 15) is 4.57 Å². The van der Waals surface area contributed by atoms with Crippen LogP contribution < -0.4 is 0 Å². The van der Waals surface area contributed by atoms with Crippen LogP contribution in [0.15, 0.2) is 90.2 Å². The largest absolute Gasteiger partial charge is 0.476 e. The predicted molar refractivity (Wildman–Crippen MR) is 129 cm³/mol. The van der Waals surface area contributed by atoms with E-state index in [-0.39, 0.29) is 13.2 Å². The number of hydrogen-bond donors (Lipinski definition) is 0. The second-order valence-corrected chi connectivity index (χ2v) is 9.94. The molecule has 1 aliphatic heterocycles. The second kappa shape index (κ2) is 9.64. The highest BCUT2D eigenvalue weighted by molar-refractivity contribution is 7.58. The van der Waals surface area contributed by atoms with Crippen LogP contribution in [0.1, 0.15) is 37.0 Å². The molecule has 0 fully saturated rings. The van der Waals surface area contributed by atoms with Crippen LogP contribution in [0.3, 0.4) is 0 Å². The van der Waals surface area contributed by atoms with E-state index in [2.05, 4.69) is 0 Å². The van der Waals surface area contributed by atoms with Crippen molar-refractivity contribution in [2.45, 2.75) is 25.9 Å². The molecule has 6 heteroatoms. The fourth-order valence-corrected chi connectivity index (χ4v) is 6.10. The summed E-state index contributed by atoms with van der Waals surface area (Å²) in [5.41, 5.74) is 1.80. The summed E-state index contributed by atoms with van der Waals surface area (Å²) in [7, 11) is -3.59. The topological polar surface area (TPSA) is 44.8 Å². The third-order valence-electron chi connectivity index (χ3n) is 5.47. The van der Waals surface area contributed by atoms with Crippen LogP contribution in [0.4, 0.5) is 0 Å². The maximum Gasteiger partial charge on any atom is 0.361 e. The fraction of sp³-hybridized carbons (Fsp3) is 0.231. The van der Waals surface area contributed by atoms with E-state index in [1.54, 1.807) is 0 Å². The lowest BCUT2D eigenvalue weighted by molar-refractivity contribution is 0.100. The molecule has 0 radical (unpaired) electrons. The zero-order valence-corrected chi connectivity index (χ0v) is 19.8. The van der Waals surface area contributed by atoms with E-state index in [0.29, 0.717) is 22.5 Å². The monoisotopic (exact) mass is 468 g/mol. The number of benzene rings is 3. The predicted octanol–water partition coefficient (Wildman–Crippen LogP) is 7.64. The van der Waals surface area contributed by atoms with Gasteiger partial charge in [0.05, 0.1) is 18.5 Å². The summed E-state index contributed by atoms with van der Waals surface area (Å²) in [6.07, 6.45) is 0.333. The molecule has 1 aliphatic rings. The van der Waals surface area contributed by atoms with Gasteiger partial charge in [0.15, 0.2) is 5.60 Å². The van der Waals surface area contributed by atoms with Crippen LogP contribution in [-0.4, -0.2) is 13.2 Å². The minimum absolute atomic E-state index is 0.266. The first kappa shape index (κ1) is 22.8. The van der Waals surface area contributed by atoms with Crippen molar-refractivity contribution in [1.82, 2.24) is 0 Å². The summed E-state index contributed by atoms with van der Waals surface area (Å²) in [5.74, 6) is 0.537. The molecule has 0 amide bonds. The molecular formula is C26H26ClO4P. The van der Waals surface area contributed by atoms with Gasteiger partial charge in [0.25, 0.3) is 0 Å². The number of hydrogen-bond acceptors (Lipinski definition) is 4. The summed E-state index contributed by atoms with van der Waals surface area (Å²) in [6, 6.07) is 27.2. The molecule has 0 aromatic heterocycles. The number of ether oxygens (including phenoxy) is 1. The fourth-order valence-electron chi connectivity index (χ4n) is 4.07. The summed E-state index contributed by atoms with van der Waals surface area (Å²) in [4.78, 5) is 0. The van der Waals surface area contributed by atoms with Crippen molar-refractivity contribution >= 4 is 25.0 Å². The number of rotatable bonds is 8. The van der Waals surface area contributed by atoms with Crippen LogP contribution in [0, 0.1) is 0 Å². The smallest absolute Gasteiger partial charge is 0.361 e. The van der Waals surface area contributed by atoms with E-state index in [4.69, 9.17) is 25.4 Å². The quantitative estimate of drug-likeness (QED) is 0.319. The first-order chi connectivity index (χ1) is 15.5. The Morgan fingerprint density at radius 3 is 1.94 bits per heavy atom. The molecule has 3 aromatic carbocycles. The van der Waals surface area contributed by atoms with Gasteiger partial charge in [-0.05, 0) is 26.0 Å². The van der Waals surface area contributed by atoms with Crippen molar-refractivity contribution in [3.63, 3.8) is 0 Å². The lowest BCUT2D eigenvalue weighted by atomic mass is 9.84. The Kier molecular flexibility index (Phi) is 6.88. The average Bonchev–Trinajstić information content (AvgIpc) is 3.24.